The third-order valence-electron chi connectivity index (χ3n) is 3.93. The summed E-state index contributed by atoms with van der Waals surface area (Å²) in [7, 11) is 0. The first kappa shape index (κ1) is 17.0. The average Bonchev–Trinajstić information content (AvgIpc) is 2.69. The summed E-state index contributed by atoms with van der Waals surface area (Å²) in [5, 5.41) is 12.1. The van der Waals surface area contributed by atoms with Gasteiger partial charge in [0.25, 0.3) is 0 Å². The van der Waals surface area contributed by atoms with Crippen LogP contribution in [0.4, 0.5) is 0 Å². The highest BCUT2D eigenvalue weighted by molar-refractivity contribution is 5.89. The van der Waals surface area contributed by atoms with E-state index in [-0.39, 0.29) is 41.8 Å². The second-order valence-corrected chi connectivity index (χ2v) is 6.98. The normalized spacial score (nSPS) is 21.4. The number of aliphatic hydroxyl groups excluding tert-OH is 1. The van der Waals surface area contributed by atoms with Crippen molar-refractivity contribution >= 4 is 11.8 Å². The predicted octanol–water partition coefficient (Wildman–Crippen LogP) is 1.16. The van der Waals surface area contributed by atoms with Crippen LogP contribution in [0, 0.1) is 11.3 Å². The molecule has 5 heteroatoms. The lowest BCUT2D eigenvalue weighted by Crippen LogP contribution is -2.47. The van der Waals surface area contributed by atoms with E-state index in [9.17, 15) is 9.59 Å². The Balaban J connectivity index is 2.65. The zero-order chi connectivity index (χ0) is 15.5. The fraction of sp³-hybridized carbons (Fsp3) is 0.867. The molecule has 0 aromatic carbocycles. The fourth-order valence-electron chi connectivity index (χ4n) is 2.55. The van der Waals surface area contributed by atoms with E-state index in [2.05, 4.69) is 5.32 Å². The molecule has 2 unspecified atom stereocenters. The third kappa shape index (κ3) is 4.20. The van der Waals surface area contributed by atoms with Crippen LogP contribution in [0.2, 0.25) is 0 Å². The molecule has 1 aliphatic heterocycles. The predicted molar refractivity (Wildman–Crippen MR) is 78.0 cm³/mol. The van der Waals surface area contributed by atoms with Gasteiger partial charge in [-0.15, -0.1) is 0 Å². The van der Waals surface area contributed by atoms with Crippen LogP contribution < -0.4 is 5.32 Å². The van der Waals surface area contributed by atoms with Gasteiger partial charge in [0.2, 0.25) is 11.8 Å². The Labute approximate surface area is 121 Å². The lowest BCUT2D eigenvalue weighted by atomic mass is 9.84. The number of hydrogen-bond acceptors (Lipinski definition) is 3. The maximum atomic E-state index is 12.3. The molecule has 0 aromatic rings. The standard InChI is InChI=1S/C15H28N2O3/c1-10(2)17-9-11(8-13(17)19)14(20)16-12(6-7-18)15(3,4)5/h10-12,18H,6-9H2,1-5H3,(H,16,20). The van der Waals surface area contributed by atoms with Gasteiger partial charge in [0, 0.05) is 31.7 Å². The lowest BCUT2D eigenvalue weighted by molar-refractivity contribution is -0.130. The van der Waals surface area contributed by atoms with Crippen LogP contribution >= 0.6 is 0 Å². The molecule has 1 rings (SSSR count). The largest absolute Gasteiger partial charge is 0.396 e. The number of carbonyl (C=O) groups is 2. The Morgan fingerprint density at radius 2 is 2.05 bits per heavy atom. The molecule has 1 fully saturated rings. The van der Waals surface area contributed by atoms with Crippen molar-refractivity contribution in [3.63, 3.8) is 0 Å². The van der Waals surface area contributed by atoms with Crippen molar-refractivity contribution in [3.8, 4) is 0 Å². The highest BCUT2D eigenvalue weighted by Crippen LogP contribution is 2.24. The maximum absolute atomic E-state index is 12.3. The van der Waals surface area contributed by atoms with Crippen molar-refractivity contribution < 1.29 is 14.7 Å². The molecule has 0 aliphatic carbocycles. The SMILES string of the molecule is CC(C)N1CC(C(=O)NC(CCO)C(C)(C)C)CC1=O. The molecule has 20 heavy (non-hydrogen) atoms. The molecular weight excluding hydrogens is 256 g/mol. The summed E-state index contributed by atoms with van der Waals surface area (Å²) in [6.45, 7) is 10.6. The van der Waals surface area contributed by atoms with Crippen LogP contribution in [0.3, 0.4) is 0 Å². The van der Waals surface area contributed by atoms with E-state index in [0.717, 1.165) is 0 Å². The Morgan fingerprint density at radius 1 is 1.45 bits per heavy atom. The van der Waals surface area contributed by atoms with Crippen LogP contribution in [0.25, 0.3) is 0 Å². The van der Waals surface area contributed by atoms with E-state index in [4.69, 9.17) is 5.11 Å². The zero-order valence-electron chi connectivity index (χ0n) is 13.3. The fourth-order valence-corrected chi connectivity index (χ4v) is 2.55. The van der Waals surface area contributed by atoms with Gasteiger partial charge in [-0.25, -0.2) is 0 Å². The number of nitrogens with one attached hydrogen (secondary N) is 1. The van der Waals surface area contributed by atoms with Crippen molar-refractivity contribution in [2.45, 2.75) is 59.5 Å². The second-order valence-electron chi connectivity index (χ2n) is 6.98. The summed E-state index contributed by atoms with van der Waals surface area (Å²) in [6.07, 6.45) is 0.823. The number of carbonyl (C=O) groups excluding carboxylic acids is 2. The van der Waals surface area contributed by atoms with Gasteiger partial charge in [-0.05, 0) is 25.7 Å². The number of likely N-dealkylation sites (tertiary alicyclic amines) is 1. The molecule has 1 heterocycles. The van der Waals surface area contributed by atoms with E-state index < -0.39 is 0 Å². The molecular formula is C15H28N2O3. The summed E-state index contributed by atoms with van der Waals surface area (Å²) < 4.78 is 0. The second kappa shape index (κ2) is 6.57. The number of hydrogen-bond donors (Lipinski definition) is 2. The summed E-state index contributed by atoms with van der Waals surface area (Å²) in [5.41, 5.74) is -0.112. The molecule has 0 spiro atoms. The summed E-state index contributed by atoms with van der Waals surface area (Å²) >= 11 is 0. The van der Waals surface area contributed by atoms with Crippen LogP contribution in [-0.2, 0) is 9.59 Å². The molecule has 1 saturated heterocycles. The van der Waals surface area contributed by atoms with Crippen molar-refractivity contribution in [1.82, 2.24) is 10.2 Å². The van der Waals surface area contributed by atoms with Gasteiger partial charge in [-0.1, -0.05) is 20.8 Å². The van der Waals surface area contributed by atoms with Crippen molar-refractivity contribution in [3.05, 3.63) is 0 Å². The first-order chi connectivity index (χ1) is 9.16. The summed E-state index contributed by atoms with van der Waals surface area (Å²) in [5.74, 6) is -0.294. The Hall–Kier alpha value is -1.10. The molecule has 5 nitrogen and oxygen atoms in total. The van der Waals surface area contributed by atoms with Crippen LogP contribution in [0.5, 0.6) is 0 Å². The topological polar surface area (TPSA) is 69.6 Å². The Bertz CT molecular complexity index is 361. The van der Waals surface area contributed by atoms with E-state index >= 15 is 0 Å². The number of amides is 2. The van der Waals surface area contributed by atoms with Crippen molar-refractivity contribution in [2.24, 2.45) is 11.3 Å². The lowest BCUT2D eigenvalue weighted by Gasteiger charge is -2.32. The van der Waals surface area contributed by atoms with Gasteiger partial charge in [0.15, 0.2) is 0 Å². The number of aliphatic hydroxyl groups is 1. The van der Waals surface area contributed by atoms with Crippen molar-refractivity contribution in [1.29, 1.82) is 0 Å². The molecule has 1 aliphatic rings. The average molecular weight is 284 g/mol. The van der Waals surface area contributed by atoms with Crippen molar-refractivity contribution in [2.75, 3.05) is 13.2 Å². The van der Waals surface area contributed by atoms with Gasteiger partial charge in [-0.2, -0.15) is 0 Å². The highest BCUT2D eigenvalue weighted by atomic mass is 16.3. The van der Waals surface area contributed by atoms with Gasteiger partial charge in [0.05, 0.1) is 5.92 Å². The van der Waals surface area contributed by atoms with Crippen LogP contribution in [-0.4, -0.2) is 47.1 Å². The minimum atomic E-state index is -0.270. The zero-order valence-corrected chi connectivity index (χ0v) is 13.3. The van der Waals surface area contributed by atoms with Crippen LogP contribution in [0.15, 0.2) is 0 Å². The monoisotopic (exact) mass is 284 g/mol. The van der Waals surface area contributed by atoms with Gasteiger partial charge in [0.1, 0.15) is 0 Å². The summed E-state index contributed by atoms with van der Waals surface area (Å²) in [6, 6.07) is 0.0550. The highest BCUT2D eigenvalue weighted by Gasteiger charge is 2.37. The van der Waals surface area contributed by atoms with Crippen LogP contribution in [0.1, 0.15) is 47.5 Å². The molecule has 116 valence electrons. The van der Waals surface area contributed by atoms with Gasteiger partial charge < -0.3 is 15.3 Å². The molecule has 2 atom stereocenters. The minimum absolute atomic E-state index is 0.0456. The molecule has 0 aromatic heterocycles. The van der Waals surface area contributed by atoms with Gasteiger partial charge in [-0.3, -0.25) is 9.59 Å². The molecule has 0 saturated carbocycles. The first-order valence-electron chi connectivity index (χ1n) is 7.37. The first-order valence-corrected chi connectivity index (χ1v) is 7.37. The van der Waals surface area contributed by atoms with E-state index in [1.807, 2.05) is 34.6 Å². The molecule has 0 bridgehead atoms. The maximum Gasteiger partial charge on any atom is 0.225 e. The Kier molecular flexibility index (Phi) is 5.57. The van der Waals surface area contributed by atoms with E-state index in [1.54, 1.807) is 4.90 Å². The smallest absolute Gasteiger partial charge is 0.225 e. The molecule has 0 radical (unpaired) electrons. The minimum Gasteiger partial charge on any atom is -0.396 e. The van der Waals surface area contributed by atoms with E-state index in [1.165, 1.54) is 0 Å². The summed E-state index contributed by atoms with van der Waals surface area (Å²) in [4.78, 5) is 25.9. The number of nitrogens with zero attached hydrogens (tertiary/aromatic N) is 1. The number of rotatable bonds is 5. The quantitative estimate of drug-likeness (QED) is 0.796. The van der Waals surface area contributed by atoms with Gasteiger partial charge >= 0.3 is 0 Å². The molecule has 2 N–H and O–H groups in total. The third-order valence-corrected chi connectivity index (χ3v) is 3.93. The molecule has 2 amide bonds. The Morgan fingerprint density at radius 3 is 2.45 bits per heavy atom. The van der Waals surface area contributed by atoms with E-state index in [0.29, 0.717) is 19.4 Å².